The maximum atomic E-state index is 11.7. The van der Waals surface area contributed by atoms with E-state index in [0.717, 1.165) is 63.2 Å². The van der Waals surface area contributed by atoms with E-state index in [4.69, 9.17) is 9.73 Å². The molecule has 2 fully saturated rings. The molecule has 1 aromatic rings. The smallest absolute Gasteiger partial charge is 0.258 e. The summed E-state index contributed by atoms with van der Waals surface area (Å²) in [6.45, 7) is 9.21. The van der Waals surface area contributed by atoms with Crippen LogP contribution in [-0.4, -0.2) is 68.2 Å². The zero-order valence-electron chi connectivity index (χ0n) is 19.9. The summed E-state index contributed by atoms with van der Waals surface area (Å²) < 4.78 is 5.58. The van der Waals surface area contributed by atoms with Crippen LogP contribution in [0.25, 0.3) is 0 Å². The number of benzene rings is 1. The van der Waals surface area contributed by atoms with E-state index in [2.05, 4.69) is 46.8 Å². The van der Waals surface area contributed by atoms with Gasteiger partial charge in [-0.05, 0) is 69.7 Å². The van der Waals surface area contributed by atoms with Crippen LogP contribution in [0.4, 0.5) is 0 Å². The zero-order chi connectivity index (χ0) is 22.6. The molecule has 0 spiro atoms. The molecule has 1 aromatic carbocycles. The fraction of sp³-hybridized carbons (Fsp3) is 0.680. The van der Waals surface area contributed by atoms with Crippen molar-refractivity contribution in [1.82, 2.24) is 20.9 Å². The van der Waals surface area contributed by atoms with E-state index in [0.29, 0.717) is 6.04 Å². The number of piperidine rings is 1. The average molecular weight is 444 g/mol. The maximum absolute atomic E-state index is 11.7. The molecule has 32 heavy (non-hydrogen) atoms. The van der Waals surface area contributed by atoms with Crippen LogP contribution < -0.4 is 20.7 Å². The lowest BCUT2D eigenvalue weighted by Crippen LogP contribution is -2.42. The standard InChI is InChI=1S/C25H41N5O2/c1-3-22-7-5-6-17-30(22)18-16-28-25(26-4-2)27-15-14-20-8-12-23(13-9-20)32-19-24(31)29-21-10-11-21/h8-9,12-13,21-22H,3-7,10-11,14-19H2,1-2H3,(H,29,31)(H2,26,27,28). The van der Waals surface area contributed by atoms with Gasteiger partial charge >= 0.3 is 0 Å². The molecule has 0 radical (unpaired) electrons. The molecular formula is C25H41N5O2. The lowest BCUT2D eigenvalue weighted by molar-refractivity contribution is -0.123. The largest absolute Gasteiger partial charge is 0.484 e. The first-order valence-electron chi connectivity index (χ1n) is 12.4. The van der Waals surface area contributed by atoms with Gasteiger partial charge in [0.15, 0.2) is 12.6 Å². The minimum absolute atomic E-state index is 0.0403. The van der Waals surface area contributed by atoms with E-state index >= 15 is 0 Å². The minimum Gasteiger partial charge on any atom is -0.484 e. The Morgan fingerprint density at radius 1 is 1.12 bits per heavy atom. The topological polar surface area (TPSA) is 78.0 Å². The monoisotopic (exact) mass is 443 g/mol. The summed E-state index contributed by atoms with van der Waals surface area (Å²) in [4.78, 5) is 19.1. The SMILES string of the molecule is CCNC(=NCCN1CCCCC1CC)NCCc1ccc(OCC(=O)NC2CC2)cc1. The Balaban J connectivity index is 1.36. The molecule has 3 rings (SSSR count). The van der Waals surface area contributed by atoms with Gasteiger partial charge in [0.1, 0.15) is 5.75 Å². The molecule has 7 nitrogen and oxygen atoms in total. The predicted molar refractivity (Wildman–Crippen MR) is 130 cm³/mol. The molecule has 1 saturated carbocycles. The first kappa shape index (κ1) is 24.4. The number of rotatable bonds is 12. The molecule has 0 bridgehead atoms. The third kappa shape index (κ3) is 8.69. The summed E-state index contributed by atoms with van der Waals surface area (Å²) >= 11 is 0. The van der Waals surface area contributed by atoms with Crippen molar-refractivity contribution < 1.29 is 9.53 Å². The summed E-state index contributed by atoms with van der Waals surface area (Å²) in [5, 5.41) is 9.73. The molecule has 1 saturated heterocycles. The number of likely N-dealkylation sites (tertiary alicyclic amines) is 1. The van der Waals surface area contributed by atoms with Crippen LogP contribution in [0, 0.1) is 0 Å². The lowest BCUT2D eigenvalue weighted by atomic mass is 10.0. The van der Waals surface area contributed by atoms with Gasteiger partial charge in [0.25, 0.3) is 5.91 Å². The number of carbonyl (C=O) groups is 1. The quantitative estimate of drug-likeness (QED) is 0.342. The van der Waals surface area contributed by atoms with Crippen molar-refractivity contribution in [3.63, 3.8) is 0 Å². The van der Waals surface area contributed by atoms with E-state index in [1.54, 1.807) is 0 Å². The van der Waals surface area contributed by atoms with Gasteiger partial charge < -0.3 is 20.7 Å². The van der Waals surface area contributed by atoms with Crippen molar-refractivity contribution in [3.05, 3.63) is 29.8 Å². The van der Waals surface area contributed by atoms with E-state index in [9.17, 15) is 4.79 Å². The number of nitrogens with zero attached hydrogens (tertiary/aromatic N) is 2. The van der Waals surface area contributed by atoms with Crippen molar-refractivity contribution in [2.45, 2.75) is 70.9 Å². The number of aliphatic imine (C=N–C) groups is 1. The molecule has 1 amide bonds. The molecular weight excluding hydrogens is 402 g/mol. The molecule has 178 valence electrons. The van der Waals surface area contributed by atoms with E-state index in [1.807, 2.05) is 12.1 Å². The Morgan fingerprint density at radius 2 is 1.94 bits per heavy atom. The number of ether oxygens (including phenoxy) is 1. The van der Waals surface area contributed by atoms with Gasteiger partial charge in [-0.3, -0.25) is 14.7 Å². The highest BCUT2D eigenvalue weighted by Crippen LogP contribution is 2.19. The number of nitrogens with one attached hydrogen (secondary N) is 3. The number of hydrogen-bond donors (Lipinski definition) is 3. The minimum atomic E-state index is -0.0403. The fourth-order valence-corrected chi connectivity index (χ4v) is 4.17. The Kier molecular flexibility index (Phi) is 10.1. The number of hydrogen-bond acceptors (Lipinski definition) is 4. The summed E-state index contributed by atoms with van der Waals surface area (Å²) in [5.41, 5.74) is 1.22. The van der Waals surface area contributed by atoms with Crippen molar-refractivity contribution >= 4 is 11.9 Å². The van der Waals surface area contributed by atoms with Gasteiger partial charge in [-0.2, -0.15) is 0 Å². The first-order valence-corrected chi connectivity index (χ1v) is 12.4. The fourth-order valence-electron chi connectivity index (χ4n) is 4.17. The van der Waals surface area contributed by atoms with Crippen LogP contribution in [0.5, 0.6) is 5.75 Å². The number of guanidine groups is 1. The van der Waals surface area contributed by atoms with Gasteiger partial charge in [-0.25, -0.2) is 0 Å². The predicted octanol–water partition coefficient (Wildman–Crippen LogP) is 2.71. The third-order valence-electron chi connectivity index (χ3n) is 6.16. The summed E-state index contributed by atoms with van der Waals surface area (Å²) in [5.74, 6) is 1.58. The molecule has 1 aliphatic heterocycles. The van der Waals surface area contributed by atoms with Crippen LogP contribution in [-0.2, 0) is 11.2 Å². The third-order valence-corrected chi connectivity index (χ3v) is 6.16. The van der Waals surface area contributed by atoms with Crippen LogP contribution in [0.3, 0.4) is 0 Å². The van der Waals surface area contributed by atoms with Crippen molar-refractivity contribution in [2.24, 2.45) is 4.99 Å². The molecule has 1 aliphatic carbocycles. The second-order valence-corrected chi connectivity index (χ2v) is 8.81. The van der Waals surface area contributed by atoms with Gasteiger partial charge in [0.05, 0.1) is 6.54 Å². The van der Waals surface area contributed by atoms with Crippen LogP contribution in [0.2, 0.25) is 0 Å². The Morgan fingerprint density at radius 3 is 2.66 bits per heavy atom. The van der Waals surface area contributed by atoms with E-state index in [1.165, 1.54) is 37.8 Å². The Hall–Kier alpha value is -2.28. The van der Waals surface area contributed by atoms with Gasteiger partial charge in [-0.1, -0.05) is 25.5 Å². The maximum Gasteiger partial charge on any atom is 0.258 e. The highest BCUT2D eigenvalue weighted by atomic mass is 16.5. The van der Waals surface area contributed by atoms with Crippen LogP contribution in [0.15, 0.2) is 29.3 Å². The summed E-state index contributed by atoms with van der Waals surface area (Å²) in [6.07, 6.45) is 8.33. The number of carbonyl (C=O) groups excluding carboxylic acids is 1. The molecule has 2 aliphatic rings. The molecule has 3 N–H and O–H groups in total. The van der Waals surface area contributed by atoms with Crippen molar-refractivity contribution in [1.29, 1.82) is 0 Å². The van der Waals surface area contributed by atoms with Crippen LogP contribution >= 0.6 is 0 Å². The van der Waals surface area contributed by atoms with Crippen molar-refractivity contribution in [2.75, 3.05) is 39.3 Å². The van der Waals surface area contributed by atoms with E-state index in [-0.39, 0.29) is 12.5 Å². The molecule has 1 heterocycles. The second kappa shape index (κ2) is 13.3. The molecule has 1 atom stereocenters. The lowest BCUT2D eigenvalue weighted by Gasteiger charge is -2.34. The second-order valence-electron chi connectivity index (χ2n) is 8.81. The highest BCUT2D eigenvalue weighted by Gasteiger charge is 2.23. The van der Waals surface area contributed by atoms with Gasteiger partial charge in [-0.15, -0.1) is 0 Å². The molecule has 0 aromatic heterocycles. The number of amides is 1. The molecule has 7 heteroatoms. The normalized spacial score (nSPS) is 19.4. The van der Waals surface area contributed by atoms with E-state index < -0.39 is 0 Å². The van der Waals surface area contributed by atoms with Gasteiger partial charge in [0, 0.05) is 31.7 Å². The van der Waals surface area contributed by atoms with Crippen molar-refractivity contribution in [3.8, 4) is 5.75 Å². The Labute approximate surface area is 193 Å². The van der Waals surface area contributed by atoms with Crippen LogP contribution in [0.1, 0.15) is 57.9 Å². The highest BCUT2D eigenvalue weighted by molar-refractivity contribution is 5.79. The summed E-state index contributed by atoms with van der Waals surface area (Å²) in [7, 11) is 0. The first-order chi connectivity index (χ1) is 15.7. The zero-order valence-corrected chi connectivity index (χ0v) is 19.9. The Bertz CT molecular complexity index is 718. The average Bonchev–Trinajstić information content (AvgIpc) is 3.63. The summed E-state index contributed by atoms with van der Waals surface area (Å²) in [6, 6.07) is 9.08. The molecule has 1 unspecified atom stereocenters. The van der Waals surface area contributed by atoms with Gasteiger partial charge in [0.2, 0.25) is 0 Å².